The second-order valence-electron chi connectivity index (χ2n) is 4.96. The number of halogens is 1. The van der Waals surface area contributed by atoms with Crippen LogP contribution in [0.15, 0.2) is 28.7 Å². The summed E-state index contributed by atoms with van der Waals surface area (Å²) in [5.41, 5.74) is 0.440. The molecule has 4 heteroatoms. The van der Waals surface area contributed by atoms with Gasteiger partial charge in [0.15, 0.2) is 0 Å². The van der Waals surface area contributed by atoms with Crippen molar-refractivity contribution >= 4 is 21.8 Å². The Labute approximate surface area is 117 Å². The van der Waals surface area contributed by atoms with Crippen LogP contribution in [-0.2, 0) is 14.9 Å². The highest BCUT2D eigenvalue weighted by atomic mass is 79.9. The molecule has 0 aliphatic heterocycles. The van der Waals surface area contributed by atoms with Gasteiger partial charge in [0, 0.05) is 17.6 Å². The van der Waals surface area contributed by atoms with E-state index in [-0.39, 0.29) is 11.9 Å². The van der Waals surface area contributed by atoms with Crippen molar-refractivity contribution in [2.75, 3.05) is 13.7 Å². The molecule has 0 aliphatic rings. The van der Waals surface area contributed by atoms with E-state index < -0.39 is 5.41 Å². The number of benzene rings is 1. The van der Waals surface area contributed by atoms with Gasteiger partial charge in [-0.05, 0) is 38.5 Å². The summed E-state index contributed by atoms with van der Waals surface area (Å²) in [5.74, 6) is 0.00868. The summed E-state index contributed by atoms with van der Waals surface area (Å²) in [6, 6.07) is 7.83. The first kappa shape index (κ1) is 15.2. The Kier molecular flexibility index (Phi) is 5.35. The summed E-state index contributed by atoms with van der Waals surface area (Å²) in [6.07, 6.45) is 0. The standard InChI is InChI=1S/C14H20BrNO2/c1-10(9-18-4)16-13(17)14(2,3)11-5-7-12(15)8-6-11/h5-8,10H,9H2,1-4H3,(H,16,17)/t10-/m0/s1. The molecular formula is C14H20BrNO2. The van der Waals surface area contributed by atoms with E-state index in [2.05, 4.69) is 21.2 Å². The maximum absolute atomic E-state index is 12.3. The van der Waals surface area contributed by atoms with Crippen LogP contribution in [0, 0.1) is 0 Å². The molecule has 0 aliphatic carbocycles. The lowest BCUT2D eigenvalue weighted by Crippen LogP contribution is -2.45. The van der Waals surface area contributed by atoms with E-state index in [9.17, 15) is 4.79 Å². The summed E-state index contributed by atoms with van der Waals surface area (Å²) < 4.78 is 6.03. The average Bonchev–Trinajstić information content (AvgIpc) is 2.29. The number of hydrogen-bond acceptors (Lipinski definition) is 2. The zero-order valence-electron chi connectivity index (χ0n) is 11.3. The van der Waals surface area contributed by atoms with E-state index in [1.165, 1.54) is 0 Å². The molecule has 0 saturated carbocycles. The fourth-order valence-electron chi connectivity index (χ4n) is 1.69. The van der Waals surface area contributed by atoms with Gasteiger partial charge in [0.2, 0.25) is 5.91 Å². The second kappa shape index (κ2) is 6.34. The van der Waals surface area contributed by atoms with Crippen molar-refractivity contribution in [3.05, 3.63) is 34.3 Å². The molecule has 100 valence electrons. The number of ether oxygens (including phenoxy) is 1. The molecule has 0 aromatic heterocycles. The highest BCUT2D eigenvalue weighted by Gasteiger charge is 2.30. The van der Waals surface area contributed by atoms with E-state index in [1.54, 1.807) is 7.11 Å². The third-order valence-corrected chi connectivity index (χ3v) is 3.46. The van der Waals surface area contributed by atoms with Crippen molar-refractivity contribution in [2.45, 2.75) is 32.2 Å². The Hall–Kier alpha value is -0.870. The van der Waals surface area contributed by atoms with Crippen LogP contribution in [0.1, 0.15) is 26.3 Å². The van der Waals surface area contributed by atoms with Gasteiger partial charge in [0.25, 0.3) is 0 Å². The van der Waals surface area contributed by atoms with Crippen LogP contribution in [0.25, 0.3) is 0 Å². The van der Waals surface area contributed by atoms with Gasteiger partial charge < -0.3 is 10.1 Å². The van der Waals surface area contributed by atoms with Gasteiger partial charge in [-0.25, -0.2) is 0 Å². The largest absolute Gasteiger partial charge is 0.383 e. The molecule has 0 radical (unpaired) electrons. The highest BCUT2D eigenvalue weighted by Crippen LogP contribution is 2.25. The van der Waals surface area contributed by atoms with E-state index in [0.717, 1.165) is 10.0 Å². The smallest absolute Gasteiger partial charge is 0.230 e. The van der Waals surface area contributed by atoms with Crippen molar-refractivity contribution in [1.82, 2.24) is 5.32 Å². The minimum Gasteiger partial charge on any atom is -0.383 e. The Morgan fingerprint density at radius 3 is 2.44 bits per heavy atom. The third-order valence-electron chi connectivity index (χ3n) is 2.93. The van der Waals surface area contributed by atoms with Crippen molar-refractivity contribution < 1.29 is 9.53 Å². The Balaban J connectivity index is 2.79. The molecule has 1 rings (SSSR count). The SMILES string of the molecule is COC[C@H](C)NC(=O)C(C)(C)c1ccc(Br)cc1. The number of carbonyl (C=O) groups excluding carboxylic acids is 1. The molecule has 1 N–H and O–H groups in total. The Morgan fingerprint density at radius 1 is 1.39 bits per heavy atom. The Bertz CT molecular complexity index is 401. The Morgan fingerprint density at radius 2 is 1.94 bits per heavy atom. The van der Waals surface area contributed by atoms with Gasteiger partial charge in [-0.2, -0.15) is 0 Å². The lowest BCUT2D eigenvalue weighted by molar-refractivity contribution is -0.126. The van der Waals surface area contributed by atoms with Crippen LogP contribution in [0.2, 0.25) is 0 Å². The third kappa shape index (κ3) is 3.82. The average molecular weight is 314 g/mol. The van der Waals surface area contributed by atoms with Crippen molar-refractivity contribution in [1.29, 1.82) is 0 Å². The molecule has 18 heavy (non-hydrogen) atoms. The molecule has 0 unspecified atom stereocenters. The summed E-state index contributed by atoms with van der Waals surface area (Å²) in [6.45, 7) is 6.29. The van der Waals surface area contributed by atoms with Crippen molar-refractivity contribution in [3.8, 4) is 0 Å². The number of nitrogens with one attached hydrogen (secondary N) is 1. The molecular weight excluding hydrogens is 294 g/mol. The van der Waals surface area contributed by atoms with Crippen LogP contribution in [0.4, 0.5) is 0 Å². The molecule has 1 amide bonds. The molecule has 1 aromatic carbocycles. The molecule has 0 saturated heterocycles. The predicted octanol–water partition coefficient (Wildman–Crippen LogP) is 2.88. The van der Waals surface area contributed by atoms with Gasteiger partial charge in [0.1, 0.15) is 0 Å². The van der Waals surface area contributed by atoms with Crippen molar-refractivity contribution in [3.63, 3.8) is 0 Å². The van der Waals surface area contributed by atoms with Gasteiger partial charge >= 0.3 is 0 Å². The molecule has 0 fully saturated rings. The van der Waals surface area contributed by atoms with Crippen molar-refractivity contribution in [2.24, 2.45) is 0 Å². The molecule has 3 nitrogen and oxygen atoms in total. The van der Waals surface area contributed by atoms with E-state index in [0.29, 0.717) is 6.61 Å². The van der Waals surface area contributed by atoms with Gasteiger partial charge in [-0.1, -0.05) is 28.1 Å². The van der Waals surface area contributed by atoms with Crippen LogP contribution >= 0.6 is 15.9 Å². The second-order valence-corrected chi connectivity index (χ2v) is 5.88. The van der Waals surface area contributed by atoms with Crippen LogP contribution in [-0.4, -0.2) is 25.7 Å². The topological polar surface area (TPSA) is 38.3 Å². The number of amides is 1. The maximum atomic E-state index is 12.3. The highest BCUT2D eigenvalue weighted by molar-refractivity contribution is 9.10. The van der Waals surface area contributed by atoms with Gasteiger partial charge in [-0.15, -0.1) is 0 Å². The minimum absolute atomic E-state index is 0.00868. The number of rotatable bonds is 5. The van der Waals surface area contributed by atoms with Crippen LogP contribution in [0.5, 0.6) is 0 Å². The summed E-state index contributed by atoms with van der Waals surface area (Å²) >= 11 is 3.39. The van der Waals surface area contributed by atoms with Crippen LogP contribution in [0.3, 0.4) is 0 Å². The number of methoxy groups -OCH3 is 1. The van der Waals surface area contributed by atoms with E-state index >= 15 is 0 Å². The molecule has 0 bridgehead atoms. The van der Waals surface area contributed by atoms with Crippen LogP contribution < -0.4 is 5.32 Å². The van der Waals surface area contributed by atoms with E-state index in [1.807, 2.05) is 45.0 Å². The monoisotopic (exact) mass is 313 g/mol. The number of carbonyl (C=O) groups is 1. The molecule has 0 spiro atoms. The maximum Gasteiger partial charge on any atom is 0.230 e. The molecule has 1 aromatic rings. The molecule has 1 atom stereocenters. The number of hydrogen-bond donors (Lipinski definition) is 1. The lowest BCUT2D eigenvalue weighted by Gasteiger charge is -2.26. The normalized spacial score (nSPS) is 13.2. The summed E-state index contributed by atoms with van der Waals surface area (Å²) in [4.78, 5) is 12.3. The summed E-state index contributed by atoms with van der Waals surface area (Å²) in [5, 5.41) is 2.96. The first-order valence-electron chi connectivity index (χ1n) is 5.94. The zero-order chi connectivity index (χ0) is 13.8. The first-order chi connectivity index (χ1) is 8.37. The minimum atomic E-state index is -0.553. The lowest BCUT2D eigenvalue weighted by atomic mass is 9.83. The predicted molar refractivity (Wildman–Crippen MR) is 76.6 cm³/mol. The first-order valence-corrected chi connectivity index (χ1v) is 6.73. The summed E-state index contributed by atoms with van der Waals surface area (Å²) in [7, 11) is 1.63. The van der Waals surface area contributed by atoms with Gasteiger partial charge in [0.05, 0.1) is 12.0 Å². The zero-order valence-corrected chi connectivity index (χ0v) is 12.9. The fourth-order valence-corrected chi connectivity index (χ4v) is 1.96. The fraction of sp³-hybridized carbons (Fsp3) is 0.500. The van der Waals surface area contributed by atoms with E-state index in [4.69, 9.17) is 4.74 Å². The quantitative estimate of drug-likeness (QED) is 0.907. The van der Waals surface area contributed by atoms with Gasteiger partial charge in [-0.3, -0.25) is 4.79 Å². The molecule has 0 heterocycles.